The summed E-state index contributed by atoms with van der Waals surface area (Å²) in [7, 11) is 3.67. The van der Waals surface area contributed by atoms with Crippen LogP contribution in [0, 0.1) is 5.92 Å². The van der Waals surface area contributed by atoms with E-state index in [9.17, 15) is 0 Å². The molecular weight excluding hydrogens is 243 g/mol. The number of ether oxygens (including phenoxy) is 1. The summed E-state index contributed by atoms with van der Waals surface area (Å²) in [6.45, 7) is 5.02. The summed E-state index contributed by atoms with van der Waals surface area (Å²) in [5.74, 6) is 1.18. The molecule has 0 bridgehead atoms. The molecule has 1 rings (SSSR count). The zero-order valence-corrected chi connectivity index (χ0v) is 11.2. The summed E-state index contributed by atoms with van der Waals surface area (Å²) in [6.07, 6.45) is 0.958. The Morgan fingerprint density at radius 2 is 2.31 bits per heavy atom. The van der Waals surface area contributed by atoms with E-state index in [0.29, 0.717) is 5.92 Å². The molecular formula is C9H17NO2Y. The Hall–Kier alpha value is 0.564. The minimum Gasteiger partial charge on any atom is -0.500 e. The summed E-state index contributed by atoms with van der Waals surface area (Å²) >= 11 is 0. The zero-order chi connectivity index (χ0) is 9.14. The first-order valence-electron chi connectivity index (χ1n) is 4.23. The maximum Gasteiger partial charge on any atom is 0.105 e. The van der Waals surface area contributed by atoms with E-state index in [2.05, 4.69) is 11.5 Å². The molecule has 1 saturated heterocycles. The van der Waals surface area contributed by atoms with Crippen molar-refractivity contribution in [1.82, 2.24) is 4.90 Å². The summed E-state index contributed by atoms with van der Waals surface area (Å²) < 4.78 is 5.08. The van der Waals surface area contributed by atoms with Gasteiger partial charge in [-0.1, -0.05) is 6.58 Å². The van der Waals surface area contributed by atoms with Gasteiger partial charge in [0.2, 0.25) is 0 Å². The van der Waals surface area contributed by atoms with E-state index < -0.39 is 0 Å². The molecule has 0 aromatic heterocycles. The van der Waals surface area contributed by atoms with Gasteiger partial charge in [-0.3, -0.25) is 4.90 Å². The number of likely N-dealkylation sites (tertiary alicyclic amines) is 1. The van der Waals surface area contributed by atoms with Gasteiger partial charge in [0.05, 0.1) is 13.2 Å². The SMILES string of the molecule is C=C(OC)C1CC(CO)CN1C.[Y]. The molecule has 2 unspecified atom stereocenters. The molecule has 0 aromatic carbocycles. The van der Waals surface area contributed by atoms with Crippen LogP contribution in [0.25, 0.3) is 0 Å². The normalized spacial score (nSPS) is 28.2. The van der Waals surface area contributed by atoms with E-state index in [1.165, 1.54) is 0 Å². The van der Waals surface area contributed by atoms with Crippen LogP contribution in [0.15, 0.2) is 12.3 Å². The molecule has 1 fully saturated rings. The summed E-state index contributed by atoms with van der Waals surface area (Å²) in [6, 6.07) is 0.284. The van der Waals surface area contributed by atoms with Gasteiger partial charge in [0, 0.05) is 45.9 Å². The van der Waals surface area contributed by atoms with Crippen molar-refractivity contribution in [3.8, 4) is 0 Å². The number of aliphatic hydroxyl groups excluding tert-OH is 1. The van der Waals surface area contributed by atoms with Crippen molar-refractivity contribution in [2.24, 2.45) is 5.92 Å². The quantitative estimate of drug-likeness (QED) is 0.748. The van der Waals surface area contributed by atoms with Gasteiger partial charge >= 0.3 is 0 Å². The first-order valence-corrected chi connectivity index (χ1v) is 4.23. The number of hydrogen-bond acceptors (Lipinski definition) is 3. The molecule has 3 nitrogen and oxygen atoms in total. The molecule has 4 heteroatoms. The molecule has 0 spiro atoms. The van der Waals surface area contributed by atoms with Crippen LogP contribution in [0.2, 0.25) is 0 Å². The predicted octanol–water partition coefficient (Wildman–Crippen LogP) is 0.457. The third-order valence-electron chi connectivity index (χ3n) is 2.53. The van der Waals surface area contributed by atoms with Gasteiger partial charge in [-0.2, -0.15) is 0 Å². The van der Waals surface area contributed by atoms with Crippen molar-refractivity contribution < 1.29 is 42.6 Å². The average Bonchev–Trinajstić information content (AvgIpc) is 2.45. The summed E-state index contributed by atoms with van der Waals surface area (Å²) in [5.41, 5.74) is 0. The van der Waals surface area contributed by atoms with Crippen LogP contribution in [0.4, 0.5) is 0 Å². The Labute approximate surface area is 105 Å². The van der Waals surface area contributed by atoms with Crippen molar-refractivity contribution >= 4 is 0 Å². The second kappa shape index (κ2) is 6.12. The van der Waals surface area contributed by atoms with Crippen LogP contribution in [0.1, 0.15) is 6.42 Å². The number of methoxy groups -OCH3 is 1. The van der Waals surface area contributed by atoms with Gasteiger partial charge in [0.15, 0.2) is 0 Å². The maximum atomic E-state index is 8.96. The Morgan fingerprint density at radius 1 is 1.69 bits per heavy atom. The van der Waals surface area contributed by atoms with E-state index in [4.69, 9.17) is 9.84 Å². The van der Waals surface area contributed by atoms with Crippen LogP contribution in [-0.2, 0) is 37.4 Å². The van der Waals surface area contributed by atoms with Crippen molar-refractivity contribution in [1.29, 1.82) is 0 Å². The second-order valence-corrected chi connectivity index (χ2v) is 3.41. The topological polar surface area (TPSA) is 32.7 Å². The Kier molecular flexibility index (Phi) is 6.39. The molecule has 1 radical (unpaired) electrons. The van der Waals surface area contributed by atoms with Gasteiger partial charge in [0.1, 0.15) is 5.76 Å². The number of aliphatic hydroxyl groups is 1. The molecule has 0 aromatic rings. The average molecular weight is 260 g/mol. The third kappa shape index (κ3) is 3.32. The third-order valence-corrected chi connectivity index (χ3v) is 2.53. The molecule has 1 heterocycles. The van der Waals surface area contributed by atoms with Crippen molar-refractivity contribution in [2.45, 2.75) is 12.5 Å². The monoisotopic (exact) mass is 260 g/mol. The Balaban J connectivity index is 0.00000144. The molecule has 0 saturated carbocycles. The number of rotatable bonds is 3. The Bertz CT molecular complexity index is 175. The Morgan fingerprint density at radius 3 is 2.69 bits per heavy atom. The maximum absolute atomic E-state index is 8.96. The van der Waals surface area contributed by atoms with Crippen LogP contribution in [0.3, 0.4) is 0 Å². The van der Waals surface area contributed by atoms with Crippen LogP contribution >= 0.6 is 0 Å². The van der Waals surface area contributed by atoms with Gasteiger partial charge in [-0.25, -0.2) is 0 Å². The van der Waals surface area contributed by atoms with E-state index >= 15 is 0 Å². The molecule has 1 aliphatic heterocycles. The standard InChI is InChI=1S/C9H17NO2.Y/c1-7(12-3)9-4-8(6-11)5-10(9)2;/h8-9,11H,1,4-6H2,2-3H3;. The van der Waals surface area contributed by atoms with E-state index in [1.807, 2.05) is 7.05 Å². The smallest absolute Gasteiger partial charge is 0.105 e. The molecule has 0 amide bonds. The molecule has 13 heavy (non-hydrogen) atoms. The molecule has 1 N–H and O–H groups in total. The van der Waals surface area contributed by atoms with Crippen LogP contribution in [-0.4, -0.2) is 43.4 Å². The van der Waals surface area contributed by atoms with Crippen LogP contribution in [0.5, 0.6) is 0 Å². The number of nitrogens with zero attached hydrogens (tertiary/aromatic N) is 1. The molecule has 0 aliphatic carbocycles. The largest absolute Gasteiger partial charge is 0.500 e. The van der Waals surface area contributed by atoms with E-state index in [1.54, 1.807) is 7.11 Å². The van der Waals surface area contributed by atoms with Crippen LogP contribution < -0.4 is 0 Å². The predicted molar refractivity (Wildman–Crippen MR) is 47.8 cm³/mol. The van der Waals surface area contributed by atoms with Gasteiger partial charge in [0.25, 0.3) is 0 Å². The van der Waals surface area contributed by atoms with Crippen molar-refractivity contribution in [3.63, 3.8) is 0 Å². The first kappa shape index (κ1) is 13.6. The van der Waals surface area contributed by atoms with Crippen molar-refractivity contribution in [3.05, 3.63) is 12.3 Å². The minimum atomic E-state index is 0. The zero-order valence-electron chi connectivity index (χ0n) is 8.36. The summed E-state index contributed by atoms with van der Waals surface area (Å²) in [5, 5.41) is 8.96. The summed E-state index contributed by atoms with van der Waals surface area (Å²) in [4.78, 5) is 2.17. The van der Waals surface area contributed by atoms with Gasteiger partial charge < -0.3 is 9.84 Å². The molecule has 73 valence electrons. The van der Waals surface area contributed by atoms with Gasteiger partial charge in [-0.15, -0.1) is 0 Å². The fraction of sp³-hybridized carbons (Fsp3) is 0.778. The first-order chi connectivity index (χ1) is 5.69. The molecule has 2 atom stereocenters. The fourth-order valence-corrected chi connectivity index (χ4v) is 1.75. The van der Waals surface area contributed by atoms with E-state index in [0.717, 1.165) is 18.7 Å². The molecule has 1 aliphatic rings. The fourth-order valence-electron chi connectivity index (χ4n) is 1.75. The van der Waals surface area contributed by atoms with Crippen molar-refractivity contribution in [2.75, 3.05) is 27.3 Å². The second-order valence-electron chi connectivity index (χ2n) is 3.41. The number of likely N-dealkylation sites (N-methyl/N-ethyl adjacent to an activating group) is 1. The van der Waals surface area contributed by atoms with E-state index in [-0.39, 0.29) is 45.4 Å². The number of hydrogen-bond donors (Lipinski definition) is 1. The minimum absolute atomic E-state index is 0. The van der Waals surface area contributed by atoms with Gasteiger partial charge in [-0.05, 0) is 19.4 Å².